The number of carbonyl (C=O) groups is 7. The van der Waals surface area contributed by atoms with Crippen LogP contribution in [0.1, 0.15) is 56.2 Å². The fourth-order valence-electron chi connectivity index (χ4n) is 6.16. The zero-order chi connectivity index (χ0) is 38.3. The van der Waals surface area contributed by atoms with Crippen LogP contribution in [0.15, 0.2) is 91.0 Å². The number of nitrogens with one attached hydrogen (secondary N) is 3. The molecule has 1 aliphatic heterocycles. The minimum atomic E-state index is -0.965. The molecule has 0 bridgehead atoms. The summed E-state index contributed by atoms with van der Waals surface area (Å²) < 4.78 is 5.49. The highest BCUT2D eigenvalue weighted by Crippen LogP contribution is 2.25. The van der Waals surface area contributed by atoms with Gasteiger partial charge in [0.05, 0.1) is 12.0 Å². The van der Waals surface area contributed by atoms with E-state index in [9.17, 15) is 33.6 Å². The molecule has 5 amide bonds. The molecule has 53 heavy (non-hydrogen) atoms. The first kappa shape index (κ1) is 39.9. The van der Waals surface area contributed by atoms with Gasteiger partial charge >= 0.3 is 12.1 Å². The van der Waals surface area contributed by atoms with Gasteiger partial charge in [0, 0.05) is 58.1 Å². The molecule has 0 radical (unpaired) electrons. The number of anilines is 1. The summed E-state index contributed by atoms with van der Waals surface area (Å²) in [5.41, 5.74) is 1.89. The summed E-state index contributed by atoms with van der Waals surface area (Å²) >= 11 is 0. The quantitative estimate of drug-likeness (QED) is 0.168. The van der Waals surface area contributed by atoms with Gasteiger partial charge in [0.1, 0.15) is 18.4 Å². The van der Waals surface area contributed by atoms with Crippen molar-refractivity contribution in [2.75, 3.05) is 32.5 Å². The van der Waals surface area contributed by atoms with E-state index in [0.717, 1.165) is 5.56 Å². The molecule has 0 spiro atoms. The SMILES string of the molecule is CCC[C@H](CC(=O)[C@@H]1CN(C(=O)OCc2ccccc2)C[C@@H]1NC(=O)Nc1ccccc1)C(=O)C(=O)CCC(=O)N[C@H](C(=O)N(C)C)c1ccccc1. The summed E-state index contributed by atoms with van der Waals surface area (Å²) in [5.74, 6) is -4.71. The number of urea groups is 1. The second-order valence-electron chi connectivity index (χ2n) is 13.2. The standard InChI is InChI=1S/C40H47N5O8/c1-4-14-29(37(49)33(46)21-22-35(48)43-36(38(50)44(2)3)28-17-10-6-11-18-28)23-34(47)31-24-45(40(52)53-26-27-15-8-5-9-16-27)25-32(31)42-39(51)41-30-19-12-7-13-20-30/h5-13,15-20,29,31-32,36H,4,14,21-26H2,1-3H3,(H,43,48)(H2,41,42,51)/t29-,31-,32+,36+/m1/s1. The summed E-state index contributed by atoms with van der Waals surface area (Å²) in [6.45, 7) is 1.78. The van der Waals surface area contributed by atoms with Crippen molar-refractivity contribution in [3.63, 3.8) is 0 Å². The predicted molar refractivity (Wildman–Crippen MR) is 197 cm³/mol. The Morgan fingerprint density at radius 2 is 1.45 bits per heavy atom. The average Bonchev–Trinajstić information content (AvgIpc) is 3.59. The summed E-state index contributed by atoms with van der Waals surface area (Å²) in [5, 5.41) is 8.20. The smallest absolute Gasteiger partial charge is 0.410 e. The Hall–Kier alpha value is -5.85. The van der Waals surface area contributed by atoms with Crippen LogP contribution in [0.25, 0.3) is 0 Å². The van der Waals surface area contributed by atoms with Crippen LogP contribution in [-0.4, -0.2) is 84.3 Å². The van der Waals surface area contributed by atoms with E-state index in [1.807, 2.05) is 37.3 Å². The number of benzene rings is 3. The number of ether oxygens (including phenoxy) is 1. The highest BCUT2D eigenvalue weighted by Gasteiger charge is 2.42. The number of Topliss-reactive ketones (excluding diaryl/α,β-unsaturated/α-hetero) is 3. The zero-order valence-electron chi connectivity index (χ0n) is 30.3. The van der Waals surface area contributed by atoms with Gasteiger partial charge < -0.3 is 30.5 Å². The summed E-state index contributed by atoms with van der Waals surface area (Å²) in [6, 6.07) is 24.2. The van der Waals surface area contributed by atoms with Crippen LogP contribution in [0.4, 0.5) is 15.3 Å². The van der Waals surface area contributed by atoms with Gasteiger partial charge in [-0.05, 0) is 29.7 Å². The number of likely N-dealkylation sites (N-methyl/N-ethyl adjacent to an activating group) is 1. The molecule has 0 aliphatic carbocycles. The van der Waals surface area contributed by atoms with Gasteiger partial charge in [0.25, 0.3) is 0 Å². The van der Waals surface area contributed by atoms with Crippen molar-refractivity contribution in [3.8, 4) is 0 Å². The largest absolute Gasteiger partial charge is 0.445 e. The van der Waals surface area contributed by atoms with Gasteiger partial charge in [-0.3, -0.25) is 24.0 Å². The third-order valence-electron chi connectivity index (χ3n) is 8.98. The maximum Gasteiger partial charge on any atom is 0.410 e. The molecule has 1 heterocycles. The molecule has 0 saturated carbocycles. The van der Waals surface area contributed by atoms with Crippen LogP contribution in [0.5, 0.6) is 0 Å². The van der Waals surface area contributed by atoms with Crippen LogP contribution in [0.3, 0.4) is 0 Å². The lowest BCUT2D eigenvalue weighted by Crippen LogP contribution is -2.45. The molecule has 1 aliphatic rings. The van der Waals surface area contributed by atoms with Gasteiger partial charge in [-0.1, -0.05) is 92.2 Å². The summed E-state index contributed by atoms with van der Waals surface area (Å²) in [4.78, 5) is 94.9. The number of para-hydroxylation sites is 1. The van der Waals surface area contributed by atoms with Gasteiger partial charge in [-0.15, -0.1) is 0 Å². The molecule has 1 fully saturated rings. The van der Waals surface area contributed by atoms with Gasteiger partial charge in [0.2, 0.25) is 17.6 Å². The first-order chi connectivity index (χ1) is 25.5. The monoisotopic (exact) mass is 725 g/mol. The number of carbonyl (C=O) groups excluding carboxylic acids is 7. The number of rotatable bonds is 17. The lowest BCUT2D eigenvalue weighted by Gasteiger charge is -2.22. The van der Waals surface area contributed by atoms with Crippen LogP contribution in [0, 0.1) is 11.8 Å². The first-order valence-corrected chi connectivity index (χ1v) is 17.7. The number of amides is 5. The third-order valence-corrected chi connectivity index (χ3v) is 8.98. The maximum atomic E-state index is 13.9. The van der Waals surface area contributed by atoms with Gasteiger partial charge in [-0.2, -0.15) is 0 Å². The van der Waals surface area contributed by atoms with Crippen molar-refractivity contribution < 1.29 is 38.3 Å². The van der Waals surface area contributed by atoms with E-state index < -0.39 is 65.7 Å². The molecular weight excluding hydrogens is 678 g/mol. The molecule has 3 N–H and O–H groups in total. The highest BCUT2D eigenvalue weighted by molar-refractivity contribution is 6.38. The molecular formula is C40H47N5O8. The molecule has 13 heteroatoms. The molecule has 280 valence electrons. The van der Waals surface area contributed by atoms with Crippen LogP contribution < -0.4 is 16.0 Å². The molecule has 4 atom stereocenters. The van der Waals surface area contributed by atoms with Crippen molar-refractivity contribution in [1.82, 2.24) is 20.4 Å². The Bertz CT molecular complexity index is 1740. The van der Waals surface area contributed by atoms with Crippen molar-refractivity contribution >= 4 is 47.0 Å². The van der Waals surface area contributed by atoms with Crippen molar-refractivity contribution in [2.24, 2.45) is 11.8 Å². The first-order valence-electron chi connectivity index (χ1n) is 17.7. The Kier molecular flexibility index (Phi) is 14.8. The fraction of sp³-hybridized carbons (Fsp3) is 0.375. The van der Waals surface area contributed by atoms with E-state index >= 15 is 0 Å². The Balaban J connectivity index is 1.40. The van der Waals surface area contributed by atoms with Crippen molar-refractivity contribution in [3.05, 3.63) is 102 Å². The van der Waals surface area contributed by atoms with Gasteiger partial charge in [-0.25, -0.2) is 9.59 Å². The van der Waals surface area contributed by atoms with E-state index in [2.05, 4.69) is 16.0 Å². The average molecular weight is 726 g/mol. The Morgan fingerprint density at radius 3 is 2.08 bits per heavy atom. The number of likely N-dealkylation sites (tertiary alicyclic amines) is 1. The molecule has 13 nitrogen and oxygen atoms in total. The topological polar surface area (TPSA) is 171 Å². The molecule has 0 unspecified atom stereocenters. The minimum absolute atomic E-state index is 0.00697. The number of nitrogens with zero attached hydrogens (tertiary/aromatic N) is 2. The van der Waals surface area contributed by atoms with Crippen molar-refractivity contribution in [1.29, 1.82) is 0 Å². The maximum absolute atomic E-state index is 13.9. The number of hydrogen-bond donors (Lipinski definition) is 3. The normalized spacial score (nSPS) is 16.1. The van der Waals surface area contributed by atoms with Crippen LogP contribution in [0.2, 0.25) is 0 Å². The lowest BCUT2D eigenvalue weighted by atomic mass is 9.85. The van der Waals surface area contributed by atoms with Crippen molar-refractivity contribution in [2.45, 2.75) is 57.7 Å². The fourth-order valence-corrected chi connectivity index (χ4v) is 6.16. The highest BCUT2D eigenvalue weighted by atomic mass is 16.6. The molecule has 4 rings (SSSR count). The molecule has 0 aromatic heterocycles. The Labute approximate surface area is 309 Å². The van der Waals surface area contributed by atoms with E-state index in [4.69, 9.17) is 4.74 Å². The van der Waals surface area contributed by atoms with E-state index in [0.29, 0.717) is 17.7 Å². The summed E-state index contributed by atoms with van der Waals surface area (Å²) in [6.07, 6.45) is -0.910. The van der Waals surface area contributed by atoms with E-state index in [-0.39, 0.29) is 44.9 Å². The second-order valence-corrected chi connectivity index (χ2v) is 13.2. The summed E-state index contributed by atoms with van der Waals surface area (Å²) in [7, 11) is 3.14. The number of ketones is 3. The zero-order valence-corrected chi connectivity index (χ0v) is 30.3. The third kappa shape index (κ3) is 11.8. The second kappa shape index (κ2) is 19.7. The van der Waals surface area contributed by atoms with E-state index in [1.54, 1.807) is 74.8 Å². The van der Waals surface area contributed by atoms with Crippen LogP contribution in [-0.2, 0) is 35.3 Å². The minimum Gasteiger partial charge on any atom is -0.445 e. The molecule has 1 saturated heterocycles. The predicted octanol–water partition coefficient (Wildman–Crippen LogP) is 4.68. The van der Waals surface area contributed by atoms with E-state index in [1.165, 1.54) is 9.80 Å². The lowest BCUT2D eigenvalue weighted by molar-refractivity contribution is -0.141. The number of hydrogen-bond acceptors (Lipinski definition) is 8. The molecule has 3 aromatic rings. The molecule has 3 aromatic carbocycles. The Morgan fingerprint density at radius 1 is 0.830 bits per heavy atom. The van der Waals surface area contributed by atoms with Gasteiger partial charge in [0.15, 0.2) is 5.78 Å². The van der Waals surface area contributed by atoms with Crippen LogP contribution >= 0.6 is 0 Å².